The van der Waals surface area contributed by atoms with Crippen LogP contribution in [0.2, 0.25) is 0 Å². The SMILES string of the molecule is CCCN1CCN[C@H]2CS(=O)(=O)C[C@@H]21. The molecule has 14 heavy (non-hydrogen) atoms. The second kappa shape index (κ2) is 3.79. The van der Waals surface area contributed by atoms with Crippen molar-refractivity contribution in [2.45, 2.75) is 25.4 Å². The topological polar surface area (TPSA) is 49.4 Å². The smallest absolute Gasteiger partial charge is 0.153 e. The average molecular weight is 218 g/mol. The standard InChI is InChI=1S/C9H18N2O2S/c1-2-4-11-5-3-10-8-6-14(12,13)7-9(8)11/h8-10H,2-7H2,1H3/t8-,9-/m0/s1. The van der Waals surface area contributed by atoms with Crippen LogP contribution in [-0.2, 0) is 9.84 Å². The summed E-state index contributed by atoms with van der Waals surface area (Å²) in [6.45, 7) is 5.08. The fourth-order valence-corrected chi connectivity index (χ4v) is 4.49. The third-order valence-corrected chi connectivity index (χ3v) is 4.82. The Balaban J connectivity index is 2.10. The van der Waals surface area contributed by atoms with Crippen LogP contribution >= 0.6 is 0 Å². The zero-order valence-electron chi connectivity index (χ0n) is 8.57. The van der Waals surface area contributed by atoms with Gasteiger partial charge in [-0.25, -0.2) is 8.42 Å². The van der Waals surface area contributed by atoms with E-state index in [4.69, 9.17) is 0 Å². The number of rotatable bonds is 2. The van der Waals surface area contributed by atoms with Gasteiger partial charge in [0.1, 0.15) is 0 Å². The lowest BCUT2D eigenvalue weighted by molar-refractivity contribution is 0.149. The Labute approximate surface area is 85.6 Å². The molecule has 2 rings (SSSR count). The first-order chi connectivity index (χ1) is 6.62. The molecule has 0 aromatic rings. The zero-order valence-corrected chi connectivity index (χ0v) is 9.39. The molecule has 0 aromatic heterocycles. The molecular weight excluding hydrogens is 200 g/mol. The summed E-state index contributed by atoms with van der Waals surface area (Å²) in [5.74, 6) is 0.683. The molecule has 0 aliphatic carbocycles. The fourth-order valence-electron chi connectivity index (χ4n) is 2.51. The summed E-state index contributed by atoms with van der Waals surface area (Å²) in [6.07, 6.45) is 1.10. The minimum absolute atomic E-state index is 0.181. The second-order valence-electron chi connectivity index (χ2n) is 4.24. The Morgan fingerprint density at radius 3 is 2.93 bits per heavy atom. The van der Waals surface area contributed by atoms with Crippen molar-refractivity contribution in [2.75, 3.05) is 31.1 Å². The lowest BCUT2D eigenvalue weighted by Crippen LogP contribution is -2.57. The minimum Gasteiger partial charge on any atom is -0.310 e. The summed E-state index contributed by atoms with van der Waals surface area (Å²) in [5, 5.41) is 3.30. The van der Waals surface area contributed by atoms with E-state index in [-0.39, 0.29) is 12.1 Å². The van der Waals surface area contributed by atoms with Crippen molar-refractivity contribution >= 4 is 9.84 Å². The number of sulfone groups is 1. The Morgan fingerprint density at radius 1 is 1.43 bits per heavy atom. The highest BCUT2D eigenvalue weighted by Gasteiger charge is 2.42. The number of nitrogens with zero attached hydrogens (tertiary/aromatic N) is 1. The van der Waals surface area contributed by atoms with Crippen LogP contribution < -0.4 is 5.32 Å². The molecule has 0 unspecified atom stereocenters. The molecule has 2 saturated heterocycles. The van der Waals surface area contributed by atoms with E-state index in [0.29, 0.717) is 11.5 Å². The third kappa shape index (κ3) is 1.94. The van der Waals surface area contributed by atoms with Crippen LogP contribution in [0.25, 0.3) is 0 Å². The summed E-state index contributed by atoms with van der Waals surface area (Å²) in [4.78, 5) is 2.33. The molecule has 2 aliphatic heterocycles. The first-order valence-corrected chi connectivity index (χ1v) is 7.12. The Kier molecular flexibility index (Phi) is 2.81. The van der Waals surface area contributed by atoms with Crippen molar-refractivity contribution in [2.24, 2.45) is 0 Å². The van der Waals surface area contributed by atoms with Crippen LogP contribution in [0.4, 0.5) is 0 Å². The molecule has 82 valence electrons. The van der Waals surface area contributed by atoms with Gasteiger partial charge in [0.15, 0.2) is 9.84 Å². The van der Waals surface area contributed by atoms with Crippen LogP contribution in [0.1, 0.15) is 13.3 Å². The summed E-state index contributed by atoms with van der Waals surface area (Å²) in [5.41, 5.74) is 0. The van der Waals surface area contributed by atoms with Gasteiger partial charge in [0, 0.05) is 25.2 Å². The molecule has 5 heteroatoms. The molecule has 1 N–H and O–H groups in total. The van der Waals surface area contributed by atoms with Crippen molar-refractivity contribution in [3.8, 4) is 0 Å². The molecule has 0 bridgehead atoms. The summed E-state index contributed by atoms with van der Waals surface area (Å²) in [6, 6.07) is 0.411. The maximum Gasteiger partial charge on any atom is 0.153 e. The first kappa shape index (κ1) is 10.4. The van der Waals surface area contributed by atoms with Crippen molar-refractivity contribution in [3.05, 3.63) is 0 Å². The van der Waals surface area contributed by atoms with Crippen molar-refractivity contribution in [1.29, 1.82) is 0 Å². The molecule has 2 heterocycles. The molecule has 4 nitrogen and oxygen atoms in total. The van der Waals surface area contributed by atoms with Crippen LogP contribution in [-0.4, -0.2) is 56.5 Å². The number of nitrogens with one attached hydrogen (secondary N) is 1. The van der Waals surface area contributed by atoms with E-state index in [1.165, 1.54) is 0 Å². The van der Waals surface area contributed by atoms with E-state index in [1.807, 2.05) is 0 Å². The summed E-state index contributed by atoms with van der Waals surface area (Å²) >= 11 is 0. The van der Waals surface area contributed by atoms with Crippen molar-refractivity contribution in [3.63, 3.8) is 0 Å². The van der Waals surface area contributed by atoms with E-state index in [9.17, 15) is 8.42 Å². The van der Waals surface area contributed by atoms with Crippen molar-refractivity contribution in [1.82, 2.24) is 10.2 Å². The third-order valence-electron chi connectivity index (χ3n) is 3.11. The highest BCUT2D eigenvalue weighted by molar-refractivity contribution is 7.91. The molecule has 0 aromatic carbocycles. The molecule has 2 atom stereocenters. The van der Waals surface area contributed by atoms with Gasteiger partial charge in [-0.1, -0.05) is 6.92 Å². The lowest BCUT2D eigenvalue weighted by Gasteiger charge is -2.37. The molecular formula is C9H18N2O2S. The number of piperazine rings is 1. The largest absolute Gasteiger partial charge is 0.310 e. The Hall–Kier alpha value is -0.130. The van der Waals surface area contributed by atoms with E-state index >= 15 is 0 Å². The average Bonchev–Trinajstić information content (AvgIpc) is 2.41. The highest BCUT2D eigenvalue weighted by atomic mass is 32.2. The maximum absolute atomic E-state index is 11.5. The van der Waals surface area contributed by atoms with Gasteiger partial charge in [-0.3, -0.25) is 4.90 Å². The fraction of sp³-hybridized carbons (Fsp3) is 1.00. The predicted octanol–water partition coefficient (Wildman–Crippen LogP) is -0.533. The van der Waals surface area contributed by atoms with Gasteiger partial charge in [0.05, 0.1) is 11.5 Å². The zero-order chi connectivity index (χ0) is 10.2. The molecule has 0 saturated carbocycles. The first-order valence-electron chi connectivity index (χ1n) is 5.30. The minimum atomic E-state index is -2.78. The highest BCUT2D eigenvalue weighted by Crippen LogP contribution is 2.21. The second-order valence-corrected chi connectivity index (χ2v) is 6.39. The molecule has 2 fully saturated rings. The molecule has 0 radical (unpaired) electrons. The monoisotopic (exact) mass is 218 g/mol. The van der Waals surface area contributed by atoms with Gasteiger partial charge in [0.2, 0.25) is 0 Å². The lowest BCUT2D eigenvalue weighted by atomic mass is 10.1. The van der Waals surface area contributed by atoms with Crippen molar-refractivity contribution < 1.29 is 8.42 Å². The molecule has 0 spiro atoms. The van der Waals surface area contributed by atoms with Crippen LogP contribution in [0.3, 0.4) is 0 Å². The van der Waals surface area contributed by atoms with Gasteiger partial charge >= 0.3 is 0 Å². The quantitative estimate of drug-likeness (QED) is 0.677. The number of hydrogen-bond acceptors (Lipinski definition) is 4. The van der Waals surface area contributed by atoms with Gasteiger partial charge in [-0.15, -0.1) is 0 Å². The maximum atomic E-state index is 11.5. The number of hydrogen-bond donors (Lipinski definition) is 1. The van der Waals surface area contributed by atoms with Crippen LogP contribution in [0.5, 0.6) is 0 Å². The number of fused-ring (bicyclic) bond motifs is 1. The summed E-state index contributed by atoms with van der Waals surface area (Å²) < 4.78 is 23.0. The van der Waals surface area contributed by atoms with Gasteiger partial charge < -0.3 is 5.32 Å². The Bertz CT molecular complexity index is 300. The van der Waals surface area contributed by atoms with Crippen LogP contribution in [0.15, 0.2) is 0 Å². The van der Waals surface area contributed by atoms with E-state index in [1.54, 1.807) is 0 Å². The Morgan fingerprint density at radius 2 is 2.21 bits per heavy atom. The molecule has 2 aliphatic rings. The normalized spacial score (nSPS) is 36.9. The van der Waals surface area contributed by atoms with E-state index in [2.05, 4.69) is 17.1 Å². The molecule has 0 amide bonds. The summed E-state index contributed by atoms with van der Waals surface area (Å²) in [7, 11) is -2.78. The van der Waals surface area contributed by atoms with E-state index in [0.717, 1.165) is 26.1 Å². The van der Waals surface area contributed by atoms with Gasteiger partial charge in [-0.2, -0.15) is 0 Å². The van der Waals surface area contributed by atoms with Gasteiger partial charge in [0.25, 0.3) is 0 Å². The van der Waals surface area contributed by atoms with E-state index < -0.39 is 9.84 Å². The predicted molar refractivity (Wildman–Crippen MR) is 56.1 cm³/mol. The van der Waals surface area contributed by atoms with Gasteiger partial charge in [-0.05, 0) is 13.0 Å². The van der Waals surface area contributed by atoms with Crippen LogP contribution in [0, 0.1) is 0 Å².